The Hall–Kier alpha value is -2.51. The standard InChI is InChI=1S/C17H18F3NO4/c1-2-7-25-14-6-4-11(17(18,19)20)9-13(14)15(22)21-12-5-3-10(8-12)16(23)24/h2,4,6,9-10,12H,1,3,5,7-8H2,(H,21,22)(H,23,24)/t10-,12+/m1/s1. The molecule has 1 amide bonds. The van der Waals surface area contributed by atoms with Gasteiger partial charge in [-0.15, -0.1) is 0 Å². The van der Waals surface area contributed by atoms with Crippen LogP contribution in [0.5, 0.6) is 5.75 Å². The topological polar surface area (TPSA) is 75.6 Å². The fourth-order valence-electron chi connectivity index (χ4n) is 2.76. The minimum absolute atomic E-state index is 0.0122. The molecule has 1 aromatic carbocycles. The minimum Gasteiger partial charge on any atom is -0.489 e. The van der Waals surface area contributed by atoms with E-state index in [9.17, 15) is 22.8 Å². The number of alkyl halides is 3. The Morgan fingerprint density at radius 2 is 2.08 bits per heavy atom. The van der Waals surface area contributed by atoms with E-state index in [0.29, 0.717) is 12.8 Å². The monoisotopic (exact) mass is 357 g/mol. The lowest BCUT2D eigenvalue weighted by atomic mass is 10.1. The maximum atomic E-state index is 12.9. The molecule has 0 aromatic heterocycles. The van der Waals surface area contributed by atoms with Gasteiger partial charge in [0.25, 0.3) is 5.91 Å². The second-order valence-electron chi connectivity index (χ2n) is 5.83. The van der Waals surface area contributed by atoms with Crippen LogP contribution < -0.4 is 10.1 Å². The SMILES string of the molecule is C=CCOc1ccc(C(F)(F)F)cc1C(=O)N[C@H]1CC[C@@H](C(=O)O)C1. The zero-order valence-electron chi connectivity index (χ0n) is 13.3. The summed E-state index contributed by atoms with van der Waals surface area (Å²) in [5.41, 5.74) is -1.20. The molecule has 0 aliphatic heterocycles. The summed E-state index contributed by atoms with van der Waals surface area (Å²) < 4.78 is 44.0. The van der Waals surface area contributed by atoms with Gasteiger partial charge in [0.2, 0.25) is 0 Å². The van der Waals surface area contributed by atoms with Gasteiger partial charge in [-0.2, -0.15) is 13.2 Å². The lowest BCUT2D eigenvalue weighted by molar-refractivity contribution is -0.141. The van der Waals surface area contributed by atoms with E-state index in [0.717, 1.165) is 18.2 Å². The molecule has 8 heteroatoms. The van der Waals surface area contributed by atoms with Crippen molar-refractivity contribution in [3.63, 3.8) is 0 Å². The highest BCUT2D eigenvalue weighted by Crippen LogP contribution is 2.33. The summed E-state index contributed by atoms with van der Waals surface area (Å²) in [5.74, 6) is -2.20. The van der Waals surface area contributed by atoms with Crippen LogP contribution >= 0.6 is 0 Å². The highest BCUT2D eigenvalue weighted by Gasteiger charge is 2.34. The number of benzene rings is 1. The van der Waals surface area contributed by atoms with Crippen molar-refractivity contribution in [2.24, 2.45) is 5.92 Å². The summed E-state index contributed by atoms with van der Waals surface area (Å²) in [4.78, 5) is 23.4. The number of ether oxygens (including phenoxy) is 1. The molecule has 1 aliphatic rings. The lowest BCUT2D eigenvalue weighted by Crippen LogP contribution is -2.33. The first kappa shape index (κ1) is 18.8. The van der Waals surface area contributed by atoms with Gasteiger partial charge >= 0.3 is 12.1 Å². The summed E-state index contributed by atoms with van der Waals surface area (Å²) in [5, 5.41) is 11.6. The molecule has 0 unspecified atom stereocenters. The molecule has 25 heavy (non-hydrogen) atoms. The number of hydrogen-bond acceptors (Lipinski definition) is 3. The van der Waals surface area contributed by atoms with E-state index in [1.54, 1.807) is 0 Å². The zero-order valence-corrected chi connectivity index (χ0v) is 13.3. The van der Waals surface area contributed by atoms with Crippen LogP contribution in [-0.4, -0.2) is 29.6 Å². The van der Waals surface area contributed by atoms with Crippen LogP contribution in [-0.2, 0) is 11.0 Å². The zero-order chi connectivity index (χ0) is 18.6. The predicted molar refractivity (Wildman–Crippen MR) is 83.4 cm³/mol. The van der Waals surface area contributed by atoms with Crippen LogP contribution in [0, 0.1) is 5.92 Å². The summed E-state index contributed by atoms with van der Waals surface area (Å²) in [6, 6.07) is 2.27. The van der Waals surface area contributed by atoms with Gasteiger partial charge in [0.05, 0.1) is 17.0 Å². The van der Waals surface area contributed by atoms with Crippen LogP contribution in [0.15, 0.2) is 30.9 Å². The maximum Gasteiger partial charge on any atom is 0.416 e. The van der Waals surface area contributed by atoms with E-state index >= 15 is 0 Å². The van der Waals surface area contributed by atoms with Gasteiger partial charge in [-0.3, -0.25) is 9.59 Å². The van der Waals surface area contributed by atoms with E-state index in [4.69, 9.17) is 9.84 Å². The molecule has 1 aliphatic carbocycles. The molecular formula is C17H18F3NO4. The number of hydrogen-bond donors (Lipinski definition) is 2. The van der Waals surface area contributed by atoms with Crippen molar-refractivity contribution < 1.29 is 32.6 Å². The van der Waals surface area contributed by atoms with E-state index in [-0.39, 0.29) is 24.3 Å². The van der Waals surface area contributed by atoms with E-state index in [1.807, 2.05) is 0 Å². The van der Waals surface area contributed by atoms with Crippen LogP contribution in [0.2, 0.25) is 0 Å². The quantitative estimate of drug-likeness (QED) is 0.767. The molecule has 0 spiro atoms. The van der Waals surface area contributed by atoms with Crippen molar-refractivity contribution in [1.29, 1.82) is 0 Å². The van der Waals surface area contributed by atoms with Gasteiger partial charge in [-0.25, -0.2) is 0 Å². The molecule has 0 heterocycles. The average molecular weight is 357 g/mol. The Morgan fingerprint density at radius 1 is 1.36 bits per heavy atom. The second-order valence-corrected chi connectivity index (χ2v) is 5.83. The highest BCUT2D eigenvalue weighted by molar-refractivity contribution is 5.97. The molecule has 2 rings (SSSR count). The number of carbonyl (C=O) groups is 2. The van der Waals surface area contributed by atoms with Crippen LogP contribution in [0.1, 0.15) is 35.2 Å². The number of carbonyl (C=O) groups excluding carboxylic acids is 1. The van der Waals surface area contributed by atoms with Crippen molar-refractivity contribution >= 4 is 11.9 Å². The van der Waals surface area contributed by atoms with Gasteiger partial charge in [0, 0.05) is 6.04 Å². The largest absolute Gasteiger partial charge is 0.489 e. The Balaban J connectivity index is 2.20. The molecule has 0 bridgehead atoms. The fourth-order valence-corrected chi connectivity index (χ4v) is 2.76. The smallest absolute Gasteiger partial charge is 0.416 e. The molecule has 1 saturated carbocycles. The molecular weight excluding hydrogens is 339 g/mol. The number of halogens is 3. The van der Waals surface area contributed by atoms with Gasteiger partial charge in [0.15, 0.2) is 0 Å². The fraction of sp³-hybridized carbons (Fsp3) is 0.412. The first-order chi connectivity index (χ1) is 11.7. The Morgan fingerprint density at radius 3 is 2.64 bits per heavy atom. The van der Waals surface area contributed by atoms with Crippen molar-refractivity contribution in [1.82, 2.24) is 5.32 Å². The Bertz CT molecular complexity index is 672. The summed E-state index contributed by atoms with van der Waals surface area (Å²) in [7, 11) is 0. The van der Waals surface area contributed by atoms with Crippen molar-refractivity contribution in [2.75, 3.05) is 6.61 Å². The molecule has 1 fully saturated rings. The van der Waals surface area contributed by atoms with Crippen molar-refractivity contribution in [3.8, 4) is 5.75 Å². The predicted octanol–water partition coefficient (Wildman–Crippen LogP) is 3.25. The number of carboxylic acid groups (broad SMARTS) is 1. The Labute approximate surface area is 142 Å². The van der Waals surface area contributed by atoms with E-state index in [1.165, 1.54) is 6.08 Å². The highest BCUT2D eigenvalue weighted by atomic mass is 19.4. The number of carboxylic acids is 1. The molecule has 0 radical (unpaired) electrons. The number of amides is 1. The molecule has 1 aromatic rings. The number of aliphatic carboxylic acids is 1. The first-order valence-corrected chi connectivity index (χ1v) is 7.71. The third-order valence-electron chi connectivity index (χ3n) is 4.03. The first-order valence-electron chi connectivity index (χ1n) is 7.71. The summed E-state index contributed by atoms with van der Waals surface area (Å²) >= 11 is 0. The number of nitrogens with one attached hydrogen (secondary N) is 1. The maximum absolute atomic E-state index is 12.9. The van der Waals surface area contributed by atoms with Crippen LogP contribution in [0.4, 0.5) is 13.2 Å². The summed E-state index contributed by atoms with van der Waals surface area (Å²) in [6.07, 6.45) is -2.04. The molecule has 136 valence electrons. The second kappa shape index (κ2) is 7.58. The van der Waals surface area contributed by atoms with Gasteiger partial charge < -0.3 is 15.2 Å². The van der Waals surface area contributed by atoms with Crippen molar-refractivity contribution in [2.45, 2.75) is 31.5 Å². The minimum atomic E-state index is -4.59. The van der Waals surface area contributed by atoms with Gasteiger partial charge in [-0.05, 0) is 37.5 Å². The molecule has 0 saturated heterocycles. The Kier molecular flexibility index (Phi) is 5.71. The molecule has 2 atom stereocenters. The van der Waals surface area contributed by atoms with Gasteiger partial charge in [-0.1, -0.05) is 12.7 Å². The van der Waals surface area contributed by atoms with E-state index in [2.05, 4.69) is 11.9 Å². The van der Waals surface area contributed by atoms with Crippen molar-refractivity contribution in [3.05, 3.63) is 42.0 Å². The lowest BCUT2D eigenvalue weighted by Gasteiger charge is -2.16. The average Bonchev–Trinajstić information content (AvgIpc) is 3.00. The third kappa shape index (κ3) is 4.74. The van der Waals surface area contributed by atoms with Gasteiger partial charge in [0.1, 0.15) is 12.4 Å². The van der Waals surface area contributed by atoms with Crippen LogP contribution in [0.25, 0.3) is 0 Å². The normalized spacial score (nSPS) is 20.1. The number of rotatable bonds is 6. The molecule has 5 nitrogen and oxygen atoms in total. The third-order valence-corrected chi connectivity index (χ3v) is 4.03. The molecule has 2 N–H and O–H groups in total. The summed E-state index contributed by atoms with van der Waals surface area (Å²) in [6.45, 7) is 3.49. The van der Waals surface area contributed by atoms with E-state index < -0.39 is 35.6 Å². The van der Waals surface area contributed by atoms with Crippen LogP contribution in [0.3, 0.4) is 0 Å².